The van der Waals surface area contributed by atoms with Crippen LogP contribution in [-0.2, 0) is 29.5 Å². The first kappa shape index (κ1) is 31.4. The van der Waals surface area contributed by atoms with E-state index in [1.54, 1.807) is 34.6 Å². The second-order valence-electron chi connectivity index (χ2n) is 11.9. The standard InChI is InChI=1S/C30H38ClFN8O4/c1-18(2)15-39-17-25(42)36(3)20-8-9-22-21(14-20)26(35-37(22)4)29(43)33-11-13-38(12-5-6-24(39)41)30(44)27-28(32)40-16-19(31)7-10-23(40)34-27/h7,10,16,18,20H,5-6,8-9,11-15,17H2,1-4H3,(H,33,43). The number of hydrogen-bond donors (Lipinski definition) is 1. The third-order valence-corrected chi connectivity index (χ3v) is 8.57. The summed E-state index contributed by atoms with van der Waals surface area (Å²) in [5.41, 5.74) is 1.87. The molecule has 0 saturated carbocycles. The number of pyridine rings is 1. The molecule has 12 nitrogen and oxygen atoms in total. The SMILES string of the molecule is CC(C)CN1CC(=O)N(C)C2CCc3c(c(nn3C)C(=O)NCCN(C(=O)c3nc4ccc(Cl)cn4c3F)CCCC1=O)C2. The fourth-order valence-electron chi connectivity index (χ4n) is 6.02. The molecule has 1 aliphatic carbocycles. The molecule has 1 atom stereocenters. The number of amides is 4. The van der Waals surface area contributed by atoms with Crippen LogP contribution in [0.15, 0.2) is 18.3 Å². The number of carbonyl (C=O) groups is 4. The van der Waals surface area contributed by atoms with E-state index >= 15 is 4.39 Å². The first-order chi connectivity index (χ1) is 20.9. The van der Waals surface area contributed by atoms with Crippen molar-refractivity contribution in [2.75, 3.05) is 39.8 Å². The van der Waals surface area contributed by atoms with Gasteiger partial charge in [-0.1, -0.05) is 25.4 Å². The minimum absolute atomic E-state index is 0.0570. The highest BCUT2D eigenvalue weighted by molar-refractivity contribution is 6.30. The molecule has 2 aliphatic rings. The second-order valence-corrected chi connectivity index (χ2v) is 12.4. The number of likely N-dealkylation sites (N-methyl/N-ethyl adjacent to an activating group) is 1. The Morgan fingerprint density at radius 2 is 1.91 bits per heavy atom. The Balaban J connectivity index is 1.44. The average Bonchev–Trinajstić information content (AvgIpc) is 3.50. The first-order valence-corrected chi connectivity index (χ1v) is 15.3. The minimum Gasteiger partial charge on any atom is -0.349 e. The van der Waals surface area contributed by atoms with E-state index < -0.39 is 11.9 Å². The van der Waals surface area contributed by atoms with Gasteiger partial charge in [0.25, 0.3) is 11.8 Å². The van der Waals surface area contributed by atoms with Gasteiger partial charge in [-0.15, -0.1) is 0 Å². The second kappa shape index (κ2) is 12.9. The zero-order chi connectivity index (χ0) is 31.7. The first-order valence-electron chi connectivity index (χ1n) is 14.9. The normalized spacial score (nSPS) is 19.1. The highest BCUT2D eigenvalue weighted by Crippen LogP contribution is 2.27. The summed E-state index contributed by atoms with van der Waals surface area (Å²) in [5, 5.41) is 7.63. The van der Waals surface area contributed by atoms with Gasteiger partial charge in [0, 0.05) is 70.2 Å². The van der Waals surface area contributed by atoms with Crippen LogP contribution in [0.25, 0.3) is 5.65 Å². The van der Waals surface area contributed by atoms with Crippen LogP contribution in [0.2, 0.25) is 5.02 Å². The van der Waals surface area contributed by atoms with E-state index in [1.807, 2.05) is 13.8 Å². The van der Waals surface area contributed by atoms with Crippen LogP contribution >= 0.6 is 11.6 Å². The van der Waals surface area contributed by atoms with Crippen molar-refractivity contribution in [2.24, 2.45) is 13.0 Å². The van der Waals surface area contributed by atoms with Crippen molar-refractivity contribution >= 4 is 40.9 Å². The molecule has 1 aliphatic heterocycles. The lowest BCUT2D eigenvalue weighted by molar-refractivity contribution is -0.141. The Kier molecular flexibility index (Phi) is 9.23. The van der Waals surface area contributed by atoms with Gasteiger partial charge >= 0.3 is 0 Å². The monoisotopic (exact) mass is 628 g/mol. The summed E-state index contributed by atoms with van der Waals surface area (Å²) in [6, 6.07) is 2.93. The maximum atomic E-state index is 15.3. The van der Waals surface area contributed by atoms with Crippen molar-refractivity contribution in [1.29, 1.82) is 0 Å². The third-order valence-electron chi connectivity index (χ3n) is 8.35. The molecule has 0 aromatic carbocycles. The summed E-state index contributed by atoms with van der Waals surface area (Å²) in [6.45, 7) is 4.56. The maximum absolute atomic E-state index is 15.3. The number of halogens is 2. The van der Waals surface area contributed by atoms with Crippen LogP contribution in [0, 0.1) is 11.9 Å². The van der Waals surface area contributed by atoms with Crippen molar-refractivity contribution in [3.8, 4) is 0 Å². The molecule has 4 amide bonds. The molecule has 0 saturated heterocycles. The van der Waals surface area contributed by atoms with E-state index in [-0.39, 0.29) is 90.8 Å². The number of carbonyl (C=O) groups excluding carboxylic acids is 4. The largest absolute Gasteiger partial charge is 0.349 e. The summed E-state index contributed by atoms with van der Waals surface area (Å²) in [6.07, 6.45) is 3.54. The molecule has 236 valence electrons. The van der Waals surface area contributed by atoms with Gasteiger partial charge in [-0.05, 0) is 43.7 Å². The number of aryl methyl sites for hydroxylation is 1. The number of fused-ring (bicyclic) bond motifs is 2. The molecule has 0 radical (unpaired) electrons. The maximum Gasteiger partial charge on any atom is 0.277 e. The minimum atomic E-state index is -0.851. The lowest BCUT2D eigenvalue weighted by Gasteiger charge is -2.34. The molecule has 0 fully saturated rings. The number of hydrogen-bond acceptors (Lipinski definition) is 6. The van der Waals surface area contributed by atoms with Crippen molar-refractivity contribution in [2.45, 2.75) is 52.0 Å². The van der Waals surface area contributed by atoms with E-state index in [4.69, 9.17) is 11.6 Å². The van der Waals surface area contributed by atoms with E-state index in [0.29, 0.717) is 19.4 Å². The van der Waals surface area contributed by atoms with Gasteiger partial charge in [0.2, 0.25) is 17.8 Å². The van der Waals surface area contributed by atoms with Gasteiger partial charge in [-0.2, -0.15) is 9.49 Å². The van der Waals surface area contributed by atoms with Crippen molar-refractivity contribution in [3.63, 3.8) is 0 Å². The number of aromatic nitrogens is 4. The lowest BCUT2D eigenvalue weighted by Crippen LogP contribution is -2.47. The molecule has 44 heavy (non-hydrogen) atoms. The van der Waals surface area contributed by atoms with Crippen LogP contribution in [0.3, 0.4) is 0 Å². The van der Waals surface area contributed by atoms with Crippen LogP contribution in [0.4, 0.5) is 4.39 Å². The third kappa shape index (κ3) is 6.42. The summed E-state index contributed by atoms with van der Waals surface area (Å²) in [5.74, 6) is -2.14. The fourth-order valence-corrected chi connectivity index (χ4v) is 6.18. The van der Waals surface area contributed by atoms with Crippen molar-refractivity contribution in [3.05, 3.63) is 51.9 Å². The topological polar surface area (TPSA) is 125 Å². The molecule has 4 heterocycles. The number of nitrogens with zero attached hydrogens (tertiary/aromatic N) is 7. The van der Waals surface area contributed by atoms with Crippen LogP contribution in [0.5, 0.6) is 0 Å². The van der Waals surface area contributed by atoms with Crippen LogP contribution in [0.1, 0.15) is 65.3 Å². The molecule has 5 rings (SSSR count). The zero-order valence-electron chi connectivity index (χ0n) is 25.5. The molecule has 1 N–H and O–H groups in total. The summed E-state index contributed by atoms with van der Waals surface area (Å²) >= 11 is 6.02. The molecule has 0 spiro atoms. The summed E-state index contributed by atoms with van der Waals surface area (Å²) in [7, 11) is 3.54. The predicted molar refractivity (Wildman–Crippen MR) is 161 cm³/mol. The molecule has 2 bridgehead atoms. The number of imidazole rings is 1. The quantitative estimate of drug-likeness (QED) is 0.475. The Morgan fingerprint density at radius 1 is 1.14 bits per heavy atom. The molecular weight excluding hydrogens is 591 g/mol. The Labute approximate surface area is 260 Å². The highest BCUT2D eigenvalue weighted by atomic mass is 35.5. The average molecular weight is 629 g/mol. The smallest absolute Gasteiger partial charge is 0.277 e. The molecule has 14 heteroatoms. The molecule has 1 unspecified atom stereocenters. The Hall–Kier alpha value is -4.00. The van der Waals surface area contributed by atoms with Crippen LogP contribution in [-0.4, -0.2) is 103 Å². The Bertz CT molecular complexity index is 1600. The van der Waals surface area contributed by atoms with Crippen LogP contribution < -0.4 is 5.32 Å². The number of nitrogens with one attached hydrogen (secondary N) is 1. The lowest BCUT2D eigenvalue weighted by atomic mass is 9.90. The fraction of sp³-hybridized carbons (Fsp3) is 0.533. The van der Waals surface area contributed by atoms with E-state index in [1.165, 1.54) is 17.2 Å². The van der Waals surface area contributed by atoms with E-state index in [9.17, 15) is 19.2 Å². The molecule has 3 aromatic heterocycles. The van der Waals surface area contributed by atoms with Crippen molar-refractivity contribution in [1.82, 2.24) is 39.2 Å². The van der Waals surface area contributed by atoms with Gasteiger partial charge in [0.05, 0.1) is 11.6 Å². The Morgan fingerprint density at radius 3 is 2.66 bits per heavy atom. The highest BCUT2D eigenvalue weighted by Gasteiger charge is 2.33. The van der Waals surface area contributed by atoms with Gasteiger partial charge in [0.15, 0.2) is 11.4 Å². The van der Waals surface area contributed by atoms with Gasteiger partial charge in [-0.25, -0.2) is 4.98 Å². The summed E-state index contributed by atoms with van der Waals surface area (Å²) < 4.78 is 18.1. The van der Waals surface area contributed by atoms with E-state index in [0.717, 1.165) is 22.1 Å². The van der Waals surface area contributed by atoms with Gasteiger partial charge in [-0.3, -0.25) is 28.3 Å². The molecule has 3 aromatic rings. The van der Waals surface area contributed by atoms with Gasteiger partial charge in [0.1, 0.15) is 5.65 Å². The van der Waals surface area contributed by atoms with Crippen molar-refractivity contribution < 1.29 is 23.6 Å². The van der Waals surface area contributed by atoms with Gasteiger partial charge < -0.3 is 20.0 Å². The summed E-state index contributed by atoms with van der Waals surface area (Å²) in [4.78, 5) is 62.6. The van der Waals surface area contributed by atoms with E-state index in [2.05, 4.69) is 15.4 Å². The predicted octanol–water partition coefficient (Wildman–Crippen LogP) is 2.33. The zero-order valence-corrected chi connectivity index (χ0v) is 26.2. The number of rotatable bonds is 3. The molecular formula is C30H38ClFN8O4.